The van der Waals surface area contributed by atoms with Gasteiger partial charge in [0.1, 0.15) is 0 Å². The lowest BCUT2D eigenvalue weighted by Crippen LogP contribution is -2.08. The van der Waals surface area contributed by atoms with E-state index in [1.54, 1.807) is 7.11 Å². The molecule has 1 aliphatic rings. The van der Waals surface area contributed by atoms with E-state index in [0.717, 1.165) is 6.42 Å². The Morgan fingerprint density at radius 2 is 2.06 bits per heavy atom. The Balaban J connectivity index is 2.04. The molecule has 1 atom stereocenters. The SMILES string of the molecule is COC(C=Cc1ccccc1)C1=CC=CC1. The van der Waals surface area contributed by atoms with E-state index in [1.165, 1.54) is 11.1 Å². The molecule has 16 heavy (non-hydrogen) atoms. The van der Waals surface area contributed by atoms with E-state index >= 15 is 0 Å². The van der Waals surface area contributed by atoms with Crippen LogP contribution in [0.3, 0.4) is 0 Å². The third-order valence-electron chi connectivity index (χ3n) is 2.68. The van der Waals surface area contributed by atoms with E-state index in [9.17, 15) is 0 Å². The van der Waals surface area contributed by atoms with Crippen molar-refractivity contribution in [2.75, 3.05) is 7.11 Å². The van der Waals surface area contributed by atoms with Gasteiger partial charge in [-0.2, -0.15) is 0 Å². The molecule has 82 valence electrons. The van der Waals surface area contributed by atoms with Crippen LogP contribution in [0.1, 0.15) is 12.0 Å². The smallest absolute Gasteiger partial charge is 0.0972 e. The molecule has 0 amide bonds. The first-order valence-corrected chi connectivity index (χ1v) is 5.52. The highest BCUT2D eigenvalue weighted by molar-refractivity contribution is 5.50. The van der Waals surface area contributed by atoms with Crippen LogP contribution in [-0.2, 0) is 4.74 Å². The molecule has 1 aromatic carbocycles. The molecule has 0 radical (unpaired) electrons. The molecule has 0 N–H and O–H groups in total. The van der Waals surface area contributed by atoms with Gasteiger partial charge in [-0.05, 0) is 17.6 Å². The molecule has 2 rings (SSSR count). The molecule has 0 aromatic heterocycles. The molecule has 0 bridgehead atoms. The zero-order valence-corrected chi connectivity index (χ0v) is 9.47. The Bertz CT molecular complexity index is 412. The van der Waals surface area contributed by atoms with Gasteiger partial charge in [0.2, 0.25) is 0 Å². The molecule has 0 saturated heterocycles. The molecular weight excluding hydrogens is 196 g/mol. The summed E-state index contributed by atoms with van der Waals surface area (Å²) in [5.41, 5.74) is 2.52. The van der Waals surface area contributed by atoms with Gasteiger partial charge >= 0.3 is 0 Å². The minimum atomic E-state index is 0.0928. The van der Waals surface area contributed by atoms with Crippen molar-refractivity contribution < 1.29 is 4.74 Å². The van der Waals surface area contributed by atoms with Crippen LogP contribution in [0.2, 0.25) is 0 Å². The fraction of sp³-hybridized carbons (Fsp3) is 0.200. The summed E-state index contributed by atoms with van der Waals surface area (Å²) in [6.45, 7) is 0. The number of rotatable bonds is 4. The molecule has 1 aliphatic carbocycles. The van der Waals surface area contributed by atoms with Crippen LogP contribution in [0, 0.1) is 0 Å². The van der Waals surface area contributed by atoms with Gasteiger partial charge in [-0.15, -0.1) is 0 Å². The number of hydrogen-bond donors (Lipinski definition) is 0. The highest BCUT2D eigenvalue weighted by Crippen LogP contribution is 2.18. The highest BCUT2D eigenvalue weighted by Gasteiger charge is 2.10. The van der Waals surface area contributed by atoms with Gasteiger partial charge in [0.15, 0.2) is 0 Å². The van der Waals surface area contributed by atoms with E-state index in [1.807, 2.05) is 18.2 Å². The van der Waals surface area contributed by atoms with E-state index in [2.05, 4.69) is 42.5 Å². The molecular formula is C15H16O. The number of allylic oxidation sites excluding steroid dienone is 3. The van der Waals surface area contributed by atoms with Crippen molar-refractivity contribution in [2.45, 2.75) is 12.5 Å². The van der Waals surface area contributed by atoms with Crippen LogP contribution >= 0.6 is 0 Å². The lowest BCUT2D eigenvalue weighted by Gasteiger charge is -2.11. The van der Waals surface area contributed by atoms with Crippen molar-refractivity contribution in [2.24, 2.45) is 0 Å². The van der Waals surface area contributed by atoms with E-state index in [4.69, 9.17) is 4.74 Å². The zero-order chi connectivity index (χ0) is 11.2. The highest BCUT2D eigenvalue weighted by atomic mass is 16.5. The molecule has 0 fully saturated rings. The Morgan fingerprint density at radius 1 is 1.25 bits per heavy atom. The van der Waals surface area contributed by atoms with Gasteiger partial charge in [0.25, 0.3) is 0 Å². The Hall–Kier alpha value is -1.60. The Labute approximate surface area is 96.8 Å². The standard InChI is InChI=1S/C15H16O/c1-16-15(14-9-5-6-10-14)12-11-13-7-3-2-4-8-13/h2-9,11-12,15H,10H2,1H3. The summed E-state index contributed by atoms with van der Waals surface area (Å²) in [6, 6.07) is 10.3. The molecule has 0 heterocycles. The summed E-state index contributed by atoms with van der Waals surface area (Å²) in [6.07, 6.45) is 11.7. The van der Waals surface area contributed by atoms with Crippen molar-refractivity contribution in [3.8, 4) is 0 Å². The van der Waals surface area contributed by atoms with Crippen LogP contribution in [0.25, 0.3) is 6.08 Å². The van der Waals surface area contributed by atoms with Crippen LogP contribution in [0.5, 0.6) is 0 Å². The second-order valence-electron chi connectivity index (χ2n) is 3.80. The monoisotopic (exact) mass is 212 g/mol. The van der Waals surface area contributed by atoms with Gasteiger partial charge in [0.05, 0.1) is 6.10 Å². The predicted molar refractivity (Wildman–Crippen MR) is 68.1 cm³/mol. The van der Waals surface area contributed by atoms with Crippen molar-refractivity contribution in [1.29, 1.82) is 0 Å². The third kappa shape index (κ3) is 2.71. The minimum Gasteiger partial charge on any atom is -0.373 e. The summed E-state index contributed by atoms with van der Waals surface area (Å²) >= 11 is 0. The zero-order valence-electron chi connectivity index (χ0n) is 9.47. The summed E-state index contributed by atoms with van der Waals surface area (Å²) in [5, 5.41) is 0. The van der Waals surface area contributed by atoms with Gasteiger partial charge in [-0.3, -0.25) is 0 Å². The first kappa shape index (κ1) is 10.9. The van der Waals surface area contributed by atoms with E-state index in [0.29, 0.717) is 0 Å². The van der Waals surface area contributed by atoms with Crippen molar-refractivity contribution in [3.05, 3.63) is 65.8 Å². The fourth-order valence-electron chi connectivity index (χ4n) is 1.79. The van der Waals surface area contributed by atoms with Gasteiger partial charge < -0.3 is 4.74 Å². The summed E-state index contributed by atoms with van der Waals surface area (Å²) in [7, 11) is 1.75. The van der Waals surface area contributed by atoms with Gasteiger partial charge in [-0.1, -0.05) is 60.7 Å². The molecule has 0 spiro atoms. The van der Waals surface area contributed by atoms with Crippen LogP contribution < -0.4 is 0 Å². The molecule has 0 saturated carbocycles. The number of methoxy groups -OCH3 is 1. The maximum Gasteiger partial charge on any atom is 0.0972 e. The van der Waals surface area contributed by atoms with Crippen LogP contribution in [0.4, 0.5) is 0 Å². The van der Waals surface area contributed by atoms with Crippen molar-refractivity contribution >= 4 is 6.08 Å². The van der Waals surface area contributed by atoms with E-state index < -0.39 is 0 Å². The van der Waals surface area contributed by atoms with Crippen molar-refractivity contribution in [1.82, 2.24) is 0 Å². The molecule has 1 nitrogen and oxygen atoms in total. The number of benzene rings is 1. The molecule has 1 unspecified atom stereocenters. The molecule has 1 heteroatoms. The van der Waals surface area contributed by atoms with Gasteiger partial charge in [0, 0.05) is 7.11 Å². The normalized spacial score (nSPS) is 16.7. The lowest BCUT2D eigenvalue weighted by molar-refractivity contribution is 0.168. The molecule has 0 aliphatic heterocycles. The largest absolute Gasteiger partial charge is 0.373 e. The van der Waals surface area contributed by atoms with Crippen LogP contribution in [0.15, 0.2) is 60.2 Å². The predicted octanol–water partition coefficient (Wildman–Crippen LogP) is 3.60. The quantitative estimate of drug-likeness (QED) is 0.741. The Kier molecular flexibility index (Phi) is 3.73. The maximum absolute atomic E-state index is 5.46. The van der Waals surface area contributed by atoms with Crippen LogP contribution in [-0.4, -0.2) is 13.2 Å². The average Bonchev–Trinajstić information content (AvgIpc) is 2.85. The van der Waals surface area contributed by atoms with Gasteiger partial charge in [-0.25, -0.2) is 0 Å². The molecule has 1 aromatic rings. The first-order chi connectivity index (χ1) is 7.90. The number of ether oxygens (including phenoxy) is 1. The lowest BCUT2D eigenvalue weighted by atomic mass is 10.1. The Morgan fingerprint density at radius 3 is 2.69 bits per heavy atom. The fourth-order valence-corrected chi connectivity index (χ4v) is 1.79. The summed E-state index contributed by atoms with van der Waals surface area (Å²) in [4.78, 5) is 0. The number of hydrogen-bond acceptors (Lipinski definition) is 1. The summed E-state index contributed by atoms with van der Waals surface area (Å²) < 4.78 is 5.46. The second kappa shape index (κ2) is 5.47. The topological polar surface area (TPSA) is 9.23 Å². The minimum absolute atomic E-state index is 0.0928. The maximum atomic E-state index is 5.46. The first-order valence-electron chi connectivity index (χ1n) is 5.52. The average molecular weight is 212 g/mol. The van der Waals surface area contributed by atoms with Crippen molar-refractivity contribution in [3.63, 3.8) is 0 Å². The summed E-state index contributed by atoms with van der Waals surface area (Å²) in [5.74, 6) is 0. The third-order valence-corrected chi connectivity index (χ3v) is 2.68. The second-order valence-corrected chi connectivity index (χ2v) is 3.80. The van der Waals surface area contributed by atoms with E-state index in [-0.39, 0.29) is 6.10 Å².